The van der Waals surface area contributed by atoms with Gasteiger partial charge >= 0.3 is 5.69 Å². The summed E-state index contributed by atoms with van der Waals surface area (Å²) in [6.45, 7) is 0.473. The molecule has 1 aromatic heterocycles. The van der Waals surface area contributed by atoms with Gasteiger partial charge in [0.05, 0.1) is 5.56 Å². The van der Waals surface area contributed by atoms with Crippen molar-refractivity contribution in [3.05, 3.63) is 98.2 Å². The Bertz CT molecular complexity index is 1080. The number of nitrogens with zero attached hydrogens (tertiary/aromatic N) is 2. The standard InChI is InChI=1S/C22H23N3O3/c1-24-20(23-15-16-9-5-3-6-10-16)18(21(27)25(2)22(24)28)13-14-19(26)17-11-7-4-8-12-17/h3-12,23H,13-15H2,1-2H3. The molecule has 0 atom stereocenters. The molecular formula is C22H23N3O3. The number of ketones is 1. The summed E-state index contributed by atoms with van der Waals surface area (Å²) < 4.78 is 2.50. The smallest absolute Gasteiger partial charge is 0.332 e. The molecule has 0 spiro atoms. The maximum absolute atomic E-state index is 12.7. The number of anilines is 1. The Kier molecular flexibility index (Phi) is 5.89. The predicted octanol–water partition coefficient (Wildman–Crippen LogP) is 2.51. The van der Waals surface area contributed by atoms with E-state index in [0.29, 0.717) is 23.5 Å². The van der Waals surface area contributed by atoms with Crippen molar-refractivity contribution in [1.82, 2.24) is 9.13 Å². The summed E-state index contributed by atoms with van der Waals surface area (Å²) in [5.41, 5.74) is 1.30. The van der Waals surface area contributed by atoms with E-state index in [1.807, 2.05) is 48.5 Å². The van der Waals surface area contributed by atoms with Crippen molar-refractivity contribution >= 4 is 11.6 Å². The second kappa shape index (κ2) is 8.52. The third-order valence-corrected chi connectivity index (χ3v) is 4.76. The maximum Gasteiger partial charge on any atom is 0.332 e. The minimum atomic E-state index is -0.404. The average Bonchev–Trinajstić information content (AvgIpc) is 2.74. The number of Topliss-reactive ketones (excluding diaryl/α,β-unsaturated/α-hetero) is 1. The maximum atomic E-state index is 12.7. The molecule has 0 unspecified atom stereocenters. The second-order valence-electron chi connectivity index (χ2n) is 6.66. The van der Waals surface area contributed by atoms with E-state index in [-0.39, 0.29) is 24.2 Å². The fourth-order valence-electron chi connectivity index (χ4n) is 3.15. The molecule has 6 nitrogen and oxygen atoms in total. The summed E-state index contributed by atoms with van der Waals surface area (Å²) >= 11 is 0. The van der Waals surface area contributed by atoms with Gasteiger partial charge in [-0.3, -0.25) is 18.7 Å². The molecule has 0 aliphatic heterocycles. The first-order valence-electron chi connectivity index (χ1n) is 9.14. The summed E-state index contributed by atoms with van der Waals surface area (Å²) in [6.07, 6.45) is 0.448. The van der Waals surface area contributed by atoms with Gasteiger partial charge in [0.2, 0.25) is 0 Å². The van der Waals surface area contributed by atoms with Crippen LogP contribution in [0, 0.1) is 0 Å². The van der Waals surface area contributed by atoms with Crippen LogP contribution in [-0.2, 0) is 27.1 Å². The lowest BCUT2D eigenvalue weighted by Crippen LogP contribution is -2.40. The van der Waals surface area contributed by atoms with E-state index in [4.69, 9.17) is 0 Å². The first-order valence-corrected chi connectivity index (χ1v) is 9.14. The van der Waals surface area contributed by atoms with Crippen LogP contribution in [0.25, 0.3) is 0 Å². The normalized spacial score (nSPS) is 10.6. The Morgan fingerprint density at radius 3 is 2.14 bits per heavy atom. The fraction of sp³-hybridized carbons (Fsp3) is 0.227. The molecule has 3 rings (SSSR count). The molecule has 2 aromatic carbocycles. The van der Waals surface area contributed by atoms with Crippen molar-refractivity contribution < 1.29 is 4.79 Å². The average molecular weight is 377 g/mol. The number of aromatic nitrogens is 2. The summed E-state index contributed by atoms with van der Waals surface area (Å²) in [5.74, 6) is 0.420. The molecule has 0 bridgehead atoms. The van der Waals surface area contributed by atoms with Crippen LogP contribution in [0.15, 0.2) is 70.3 Å². The number of nitrogens with one attached hydrogen (secondary N) is 1. The first-order chi connectivity index (χ1) is 13.5. The zero-order valence-corrected chi connectivity index (χ0v) is 16.0. The Labute approximate surface area is 163 Å². The van der Waals surface area contributed by atoms with E-state index < -0.39 is 5.69 Å². The van der Waals surface area contributed by atoms with E-state index in [1.54, 1.807) is 19.2 Å². The van der Waals surface area contributed by atoms with E-state index in [9.17, 15) is 14.4 Å². The van der Waals surface area contributed by atoms with Gasteiger partial charge in [-0.15, -0.1) is 0 Å². The van der Waals surface area contributed by atoms with Crippen LogP contribution in [-0.4, -0.2) is 14.9 Å². The lowest BCUT2D eigenvalue weighted by atomic mass is 10.0. The highest BCUT2D eigenvalue weighted by molar-refractivity contribution is 5.96. The molecule has 3 aromatic rings. The van der Waals surface area contributed by atoms with Crippen LogP contribution in [0.3, 0.4) is 0 Å². The Morgan fingerprint density at radius 1 is 0.893 bits per heavy atom. The number of carbonyl (C=O) groups excluding carboxylic acids is 1. The van der Waals surface area contributed by atoms with Gasteiger partial charge in [0.15, 0.2) is 5.78 Å². The zero-order chi connectivity index (χ0) is 20.1. The fourth-order valence-corrected chi connectivity index (χ4v) is 3.15. The van der Waals surface area contributed by atoms with Gasteiger partial charge in [-0.25, -0.2) is 4.79 Å². The number of rotatable bonds is 7. The van der Waals surface area contributed by atoms with Crippen molar-refractivity contribution in [1.29, 1.82) is 0 Å². The van der Waals surface area contributed by atoms with Gasteiger partial charge in [0.25, 0.3) is 5.56 Å². The molecule has 1 heterocycles. The second-order valence-corrected chi connectivity index (χ2v) is 6.66. The van der Waals surface area contributed by atoms with Gasteiger partial charge in [-0.05, 0) is 12.0 Å². The quantitative estimate of drug-likeness (QED) is 0.642. The van der Waals surface area contributed by atoms with E-state index in [2.05, 4.69) is 5.32 Å². The molecule has 6 heteroatoms. The van der Waals surface area contributed by atoms with Crippen LogP contribution in [0.4, 0.5) is 5.82 Å². The monoisotopic (exact) mass is 377 g/mol. The van der Waals surface area contributed by atoms with Crippen molar-refractivity contribution in [2.24, 2.45) is 14.1 Å². The predicted molar refractivity (Wildman–Crippen MR) is 110 cm³/mol. The number of carbonyl (C=O) groups is 1. The Balaban J connectivity index is 1.89. The highest BCUT2D eigenvalue weighted by Gasteiger charge is 2.17. The molecule has 144 valence electrons. The molecule has 0 radical (unpaired) electrons. The summed E-state index contributed by atoms with van der Waals surface area (Å²) in [4.78, 5) is 37.5. The molecule has 28 heavy (non-hydrogen) atoms. The van der Waals surface area contributed by atoms with Crippen molar-refractivity contribution in [2.75, 3.05) is 5.32 Å². The molecule has 0 aliphatic rings. The van der Waals surface area contributed by atoms with Crippen LogP contribution < -0.4 is 16.6 Å². The zero-order valence-electron chi connectivity index (χ0n) is 16.0. The van der Waals surface area contributed by atoms with Crippen LogP contribution in [0.1, 0.15) is 27.9 Å². The van der Waals surface area contributed by atoms with Crippen molar-refractivity contribution in [3.8, 4) is 0 Å². The summed E-state index contributed by atoms with van der Waals surface area (Å²) in [7, 11) is 3.08. The molecule has 0 amide bonds. The summed E-state index contributed by atoms with van der Waals surface area (Å²) in [5, 5.41) is 3.21. The summed E-state index contributed by atoms with van der Waals surface area (Å²) in [6, 6.07) is 18.7. The molecular weight excluding hydrogens is 354 g/mol. The highest BCUT2D eigenvalue weighted by atomic mass is 16.2. The molecule has 1 N–H and O–H groups in total. The van der Waals surface area contributed by atoms with Crippen LogP contribution in [0.2, 0.25) is 0 Å². The topological polar surface area (TPSA) is 73.1 Å². The van der Waals surface area contributed by atoms with Gasteiger partial charge in [-0.2, -0.15) is 0 Å². The SMILES string of the molecule is Cn1c(NCc2ccccc2)c(CCC(=O)c2ccccc2)c(=O)n(C)c1=O. The Morgan fingerprint density at radius 2 is 1.50 bits per heavy atom. The molecule has 0 saturated carbocycles. The van der Waals surface area contributed by atoms with E-state index in [0.717, 1.165) is 10.1 Å². The van der Waals surface area contributed by atoms with Crippen molar-refractivity contribution in [3.63, 3.8) is 0 Å². The molecule has 0 aliphatic carbocycles. The number of hydrogen-bond acceptors (Lipinski definition) is 4. The molecule has 0 saturated heterocycles. The number of benzene rings is 2. The lowest BCUT2D eigenvalue weighted by Gasteiger charge is -2.17. The van der Waals surface area contributed by atoms with E-state index >= 15 is 0 Å². The van der Waals surface area contributed by atoms with Crippen LogP contribution >= 0.6 is 0 Å². The first kappa shape index (κ1) is 19.4. The Hall–Kier alpha value is -3.41. The van der Waals surface area contributed by atoms with Gasteiger partial charge in [0.1, 0.15) is 5.82 Å². The highest BCUT2D eigenvalue weighted by Crippen LogP contribution is 2.14. The van der Waals surface area contributed by atoms with Gasteiger partial charge < -0.3 is 5.32 Å². The van der Waals surface area contributed by atoms with Gasteiger partial charge in [0, 0.05) is 32.6 Å². The van der Waals surface area contributed by atoms with Gasteiger partial charge in [-0.1, -0.05) is 60.7 Å². The minimum Gasteiger partial charge on any atom is -0.367 e. The third-order valence-electron chi connectivity index (χ3n) is 4.76. The largest absolute Gasteiger partial charge is 0.367 e. The minimum absolute atomic E-state index is 0.0366. The van der Waals surface area contributed by atoms with E-state index in [1.165, 1.54) is 11.6 Å². The third kappa shape index (κ3) is 4.11. The molecule has 0 fully saturated rings. The lowest BCUT2D eigenvalue weighted by molar-refractivity contribution is 0.0982. The van der Waals surface area contributed by atoms with Crippen LogP contribution in [0.5, 0.6) is 0 Å². The number of hydrogen-bond donors (Lipinski definition) is 1. The van der Waals surface area contributed by atoms with Crippen molar-refractivity contribution in [2.45, 2.75) is 19.4 Å².